The van der Waals surface area contributed by atoms with Gasteiger partial charge in [0.15, 0.2) is 0 Å². The molecule has 0 unspecified atom stereocenters. The second kappa shape index (κ2) is 8.23. The predicted molar refractivity (Wildman–Crippen MR) is 117 cm³/mol. The van der Waals surface area contributed by atoms with Crippen molar-refractivity contribution < 1.29 is 4.79 Å². The lowest BCUT2D eigenvalue weighted by molar-refractivity contribution is 0.148. The second-order valence-corrected chi connectivity index (χ2v) is 7.80. The van der Waals surface area contributed by atoms with E-state index in [1.807, 2.05) is 49.0 Å². The maximum atomic E-state index is 12.4. The first-order chi connectivity index (χ1) is 14.0. The van der Waals surface area contributed by atoms with Crippen molar-refractivity contribution in [3.63, 3.8) is 0 Å². The van der Waals surface area contributed by atoms with Crippen molar-refractivity contribution >= 4 is 28.3 Å². The molecular formula is C22H28N6O. The fourth-order valence-corrected chi connectivity index (χ4v) is 3.66. The molecule has 0 atom stereocenters. The summed E-state index contributed by atoms with van der Waals surface area (Å²) in [5.74, 6) is 0. The Labute approximate surface area is 171 Å². The second-order valence-electron chi connectivity index (χ2n) is 7.80. The molecule has 4 rings (SSSR count). The number of aromatic nitrogens is 2. The van der Waals surface area contributed by atoms with Gasteiger partial charge >= 0.3 is 6.03 Å². The van der Waals surface area contributed by atoms with E-state index in [0.29, 0.717) is 0 Å². The first kappa shape index (κ1) is 19.4. The Morgan fingerprint density at radius 2 is 1.62 bits per heavy atom. The predicted octanol–water partition coefficient (Wildman–Crippen LogP) is 3.27. The van der Waals surface area contributed by atoms with Crippen LogP contribution in [-0.2, 0) is 13.6 Å². The molecule has 1 aliphatic rings. The summed E-state index contributed by atoms with van der Waals surface area (Å²) in [6.07, 6.45) is 0. The SMILES string of the molecule is Cc1c2ccc(NC(=O)Nc3ccc(CN4CCN(C)CC4)cc3)cc2nn1C. The van der Waals surface area contributed by atoms with Crippen LogP contribution in [0.15, 0.2) is 42.5 Å². The number of carbonyl (C=O) groups is 1. The van der Waals surface area contributed by atoms with Gasteiger partial charge in [0.25, 0.3) is 0 Å². The summed E-state index contributed by atoms with van der Waals surface area (Å²) in [7, 11) is 4.08. The summed E-state index contributed by atoms with van der Waals surface area (Å²) in [5, 5.41) is 11.3. The number of rotatable bonds is 4. The molecule has 0 bridgehead atoms. The van der Waals surface area contributed by atoms with Crippen LogP contribution in [0, 0.1) is 6.92 Å². The molecule has 1 fully saturated rings. The number of urea groups is 1. The molecule has 0 radical (unpaired) electrons. The largest absolute Gasteiger partial charge is 0.323 e. The van der Waals surface area contributed by atoms with Crippen molar-refractivity contribution in [2.45, 2.75) is 13.5 Å². The van der Waals surface area contributed by atoms with E-state index in [-0.39, 0.29) is 6.03 Å². The summed E-state index contributed by atoms with van der Waals surface area (Å²) in [6, 6.07) is 13.6. The molecule has 1 aromatic heterocycles. The van der Waals surface area contributed by atoms with Gasteiger partial charge in [0.05, 0.1) is 5.52 Å². The molecule has 29 heavy (non-hydrogen) atoms. The zero-order valence-corrected chi connectivity index (χ0v) is 17.3. The average Bonchev–Trinajstić information content (AvgIpc) is 2.98. The third-order valence-electron chi connectivity index (χ3n) is 5.60. The Balaban J connectivity index is 1.33. The molecule has 7 heteroatoms. The van der Waals surface area contributed by atoms with Gasteiger partial charge in [-0.25, -0.2) is 4.79 Å². The van der Waals surface area contributed by atoms with Crippen LogP contribution < -0.4 is 10.6 Å². The van der Waals surface area contributed by atoms with Crippen LogP contribution in [-0.4, -0.2) is 58.8 Å². The van der Waals surface area contributed by atoms with E-state index in [4.69, 9.17) is 0 Å². The highest BCUT2D eigenvalue weighted by Gasteiger charge is 2.14. The molecule has 2 heterocycles. The molecule has 2 aromatic carbocycles. The van der Waals surface area contributed by atoms with Crippen LogP contribution >= 0.6 is 0 Å². The number of aryl methyl sites for hydroxylation is 2. The van der Waals surface area contributed by atoms with E-state index in [9.17, 15) is 4.79 Å². The number of carbonyl (C=O) groups excluding carboxylic acids is 1. The number of nitrogens with zero attached hydrogens (tertiary/aromatic N) is 4. The maximum Gasteiger partial charge on any atom is 0.323 e. The summed E-state index contributed by atoms with van der Waals surface area (Å²) in [5.41, 5.74) is 4.74. The zero-order chi connectivity index (χ0) is 20.4. The fourth-order valence-electron chi connectivity index (χ4n) is 3.66. The number of fused-ring (bicyclic) bond motifs is 1. The molecular weight excluding hydrogens is 364 g/mol. The number of hydrogen-bond acceptors (Lipinski definition) is 4. The standard InChI is InChI=1S/C22H28N6O/c1-16-20-9-8-19(14-21(20)25-27(16)3)24-22(29)23-18-6-4-17(5-7-18)15-28-12-10-26(2)11-13-28/h4-9,14H,10-13,15H2,1-3H3,(H2,23,24,29). The van der Waals surface area contributed by atoms with E-state index in [1.54, 1.807) is 0 Å². The van der Waals surface area contributed by atoms with Gasteiger partial charge in [-0.3, -0.25) is 9.58 Å². The van der Waals surface area contributed by atoms with Crippen molar-refractivity contribution in [3.8, 4) is 0 Å². The van der Waals surface area contributed by atoms with Crippen molar-refractivity contribution in [1.29, 1.82) is 0 Å². The first-order valence-electron chi connectivity index (χ1n) is 9.99. The lowest BCUT2D eigenvalue weighted by Crippen LogP contribution is -2.43. The van der Waals surface area contributed by atoms with Gasteiger partial charge in [-0.15, -0.1) is 0 Å². The van der Waals surface area contributed by atoms with Crippen LogP contribution in [0.5, 0.6) is 0 Å². The van der Waals surface area contributed by atoms with Gasteiger partial charge in [0.2, 0.25) is 0 Å². The van der Waals surface area contributed by atoms with E-state index in [2.05, 4.69) is 44.7 Å². The molecule has 0 spiro atoms. The normalized spacial score (nSPS) is 15.6. The molecule has 152 valence electrons. The lowest BCUT2D eigenvalue weighted by atomic mass is 10.2. The van der Waals surface area contributed by atoms with Gasteiger partial charge in [-0.2, -0.15) is 5.10 Å². The third kappa shape index (κ3) is 4.58. The number of likely N-dealkylation sites (N-methyl/N-ethyl adjacent to an activating group) is 1. The smallest absolute Gasteiger partial charge is 0.308 e. The summed E-state index contributed by atoms with van der Waals surface area (Å²) >= 11 is 0. The number of benzene rings is 2. The molecule has 2 N–H and O–H groups in total. The molecule has 7 nitrogen and oxygen atoms in total. The van der Waals surface area contributed by atoms with Crippen LogP contribution in [0.25, 0.3) is 10.9 Å². The highest BCUT2D eigenvalue weighted by atomic mass is 16.2. The molecule has 0 saturated carbocycles. The number of hydrogen-bond donors (Lipinski definition) is 2. The zero-order valence-electron chi connectivity index (χ0n) is 17.3. The quantitative estimate of drug-likeness (QED) is 0.715. The monoisotopic (exact) mass is 392 g/mol. The summed E-state index contributed by atoms with van der Waals surface area (Å²) < 4.78 is 1.85. The summed E-state index contributed by atoms with van der Waals surface area (Å²) in [6.45, 7) is 7.40. The number of piperazine rings is 1. The maximum absolute atomic E-state index is 12.4. The topological polar surface area (TPSA) is 65.4 Å². The summed E-state index contributed by atoms with van der Waals surface area (Å²) in [4.78, 5) is 17.2. The van der Waals surface area contributed by atoms with Gasteiger partial charge < -0.3 is 15.5 Å². The number of amides is 2. The van der Waals surface area contributed by atoms with Crippen LogP contribution in [0.1, 0.15) is 11.3 Å². The highest BCUT2D eigenvalue weighted by molar-refractivity contribution is 6.01. The minimum absolute atomic E-state index is 0.260. The van der Waals surface area contributed by atoms with Crippen LogP contribution in [0.4, 0.5) is 16.2 Å². The highest BCUT2D eigenvalue weighted by Crippen LogP contribution is 2.21. The number of anilines is 2. The van der Waals surface area contributed by atoms with Gasteiger partial charge in [0.1, 0.15) is 0 Å². The molecule has 1 saturated heterocycles. The number of nitrogens with one attached hydrogen (secondary N) is 2. The van der Waals surface area contributed by atoms with Crippen LogP contribution in [0.3, 0.4) is 0 Å². The lowest BCUT2D eigenvalue weighted by Gasteiger charge is -2.32. The van der Waals surface area contributed by atoms with Crippen molar-refractivity contribution in [2.24, 2.45) is 7.05 Å². The Bertz CT molecular complexity index is 1000. The molecule has 1 aliphatic heterocycles. The Kier molecular flexibility index (Phi) is 5.51. The average molecular weight is 393 g/mol. The van der Waals surface area contributed by atoms with Gasteiger partial charge in [-0.05, 0) is 49.9 Å². The van der Waals surface area contributed by atoms with Crippen molar-refractivity contribution in [3.05, 3.63) is 53.7 Å². The van der Waals surface area contributed by atoms with Crippen molar-refractivity contribution in [1.82, 2.24) is 19.6 Å². The van der Waals surface area contributed by atoms with E-state index in [0.717, 1.165) is 60.7 Å². The third-order valence-corrected chi connectivity index (χ3v) is 5.60. The van der Waals surface area contributed by atoms with Crippen LogP contribution in [0.2, 0.25) is 0 Å². The van der Waals surface area contributed by atoms with E-state index < -0.39 is 0 Å². The van der Waals surface area contributed by atoms with Gasteiger partial charge in [0, 0.05) is 62.2 Å². The molecule has 0 aliphatic carbocycles. The molecule has 3 aromatic rings. The Morgan fingerprint density at radius 1 is 0.966 bits per heavy atom. The Hall–Kier alpha value is -2.90. The first-order valence-corrected chi connectivity index (χ1v) is 9.99. The van der Waals surface area contributed by atoms with E-state index in [1.165, 1.54) is 5.56 Å². The van der Waals surface area contributed by atoms with Gasteiger partial charge in [-0.1, -0.05) is 12.1 Å². The van der Waals surface area contributed by atoms with Crippen molar-refractivity contribution in [2.75, 3.05) is 43.9 Å². The minimum Gasteiger partial charge on any atom is -0.308 e. The molecule has 2 amide bonds. The fraction of sp³-hybridized carbons (Fsp3) is 0.364. The Morgan fingerprint density at radius 3 is 2.34 bits per heavy atom. The minimum atomic E-state index is -0.260. The van der Waals surface area contributed by atoms with E-state index >= 15 is 0 Å².